The highest BCUT2D eigenvalue weighted by Crippen LogP contribution is 2.30. The average molecular weight is 346 g/mol. The van der Waals surface area contributed by atoms with Gasteiger partial charge in [0.15, 0.2) is 0 Å². The van der Waals surface area contributed by atoms with Gasteiger partial charge in [0.1, 0.15) is 5.76 Å². The average Bonchev–Trinajstić information content (AvgIpc) is 3.28. The third-order valence-corrected chi connectivity index (χ3v) is 6.05. The monoisotopic (exact) mass is 346 g/mol. The molecule has 0 spiro atoms. The van der Waals surface area contributed by atoms with E-state index >= 15 is 0 Å². The second kappa shape index (κ2) is 6.69. The topological polar surface area (TPSA) is 64.4 Å². The van der Waals surface area contributed by atoms with Crippen molar-refractivity contribution in [2.75, 3.05) is 13.2 Å². The Morgan fingerprint density at radius 3 is 3.08 bits per heavy atom. The number of amides is 1. The number of nitrogens with one attached hydrogen (secondary N) is 1. The first-order valence-corrected chi connectivity index (χ1v) is 9.48. The first kappa shape index (κ1) is 15.8. The van der Waals surface area contributed by atoms with Crippen LogP contribution in [0.2, 0.25) is 0 Å². The van der Waals surface area contributed by atoms with Crippen LogP contribution in [0.25, 0.3) is 0 Å². The van der Waals surface area contributed by atoms with Gasteiger partial charge in [-0.3, -0.25) is 4.79 Å². The van der Waals surface area contributed by atoms with Crippen LogP contribution in [0.4, 0.5) is 0 Å². The van der Waals surface area contributed by atoms with E-state index in [-0.39, 0.29) is 17.9 Å². The van der Waals surface area contributed by atoms with E-state index in [2.05, 4.69) is 10.5 Å². The molecule has 5 nitrogen and oxygen atoms in total. The Labute approximate surface area is 145 Å². The summed E-state index contributed by atoms with van der Waals surface area (Å²) in [6, 6.07) is 1.98. The van der Waals surface area contributed by atoms with Crippen molar-refractivity contribution in [2.45, 2.75) is 45.1 Å². The number of aryl methyl sites for hydroxylation is 2. The molecule has 0 radical (unpaired) electrons. The fraction of sp³-hybridized carbons (Fsp3) is 0.556. The highest BCUT2D eigenvalue weighted by Gasteiger charge is 2.32. The van der Waals surface area contributed by atoms with Crippen molar-refractivity contribution < 1.29 is 14.1 Å². The molecule has 0 saturated carbocycles. The summed E-state index contributed by atoms with van der Waals surface area (Å²) >= 11 is 1.73. The van der Waals surface area contributed by atoms with Gasteiger partial charge in [-0.2, -0.15) is 0 Å². The summed E-state index contributed by atoms with van der Waals surface area (Å²) in [5.74, 6) is 1.13. The molecule has 1 N–H and O–H groups in total. The molecule has 1 aliphatic heterocycles. The molecular formula is C18H22N2O3S. The van der Waals surface area contributed by atoms with Crippen LogP contribution in [0.5, 0.6) is 0 Å². The molecule has 128 valence electrons. The van der Waals surface area contributed by atoms with E-state index in [1.165, 1.54) is 23.3 Å². The van der Waals surface area contributed by atoms with Gasteiger partial charge in [-0.05, 0) is 38.2 Å². The maximum absolute atomic E-state index is 12.7. The molecular weight excluding hydrogens is 324 g/mol. The summed E-state index contributed by atoms with van der Waals surface area (Å²) in [7, 11) is 0. The van der Waals surface area contributed by atoms with Gasteiger partial charge >= 0.3 is 0 Å². The molecule has 1 aliphatic carbocycles. The molecule has 6 heteroatoms. The lowest BCUT2D eigenvalue weighted by molar-refractivity contribution is 0.0924. The second-order valence-corrected chi connectivity index (χ2v) is 7.74. The van der Waals surface area contributed by atoms with Gasteiger partial charge in [0.25, 0.3) is 5.91 Å². The summed E-state index contributed by atoms with van der Waals surface area (Å²) in [6.45, 7) is 3.12. The lowest BCUT2D eigenvalue weighted by Crippen LogP contribution is -2.40. The number of carbonyl (C=O) groups is 1. The Bertz CT molecular complexity index is 736. The van der Waals surface area contributed by atoms with E-state index in [0.717, 1.165) is 36.3 Å². The van der Waals surface area contributed by atoms with E-state index in [1.54, 1.807) is 11.3 Å². The van der Waals surface area contributed by atoms with Crippen LogP contribution in [0.3, 0.4) is 0 Å². The fourth-order valence-corrected chi connectivity index (χ4v) is 4.79. The Morgan fingerprint density at radius 1 is 1.38 bits per heavy atom. The first-order valence-electron chi connectivity index (χ1n) is 8.61. The molecule has 0 bridgehead atoms. The van der Waals surface area contributed by atoms with Crippen molar-refractivity contribution in [1.29, 1.82) is 0 Å². The summed E-state index contributed by atoms with van der Waals surface area (Å²) < 4.78 is 10.9. The Hall–Kier alpha value is -1.66. The predicted octanol–water partition coefficient (Wildman–Crippen LogP) is 2.91. The lowest BCUT2D eigenvalue weighted by atomic mass is 9.94. The largest absolute Gasteiger partial charge is 0.379 e. The summed E-state index contributed by atoms with van der Waals surface area (Å²) in [5.41, 5.74) is 3.02. The predicted molar refractivity (Wildman–Crippen MR) is 91.5 cm³/mol. The molecule has 2 atom stereocenters. The minimum absolute atomic E-state index is 0.0297. The molecule has 1 saturated heterocycles. The van der Waals surface area contributed by atoms with Crippen LogP contribution in [-0.2, 0) is 24.0 Å². The summed E-state index contributed by atoms with van der Waals surface area (Å²) in [6.07, 6.45) is 5.32. The number of carbonyl (C=O) groups excluding carboxylic acids is 1. The van der Waals surface area contributed by atoms with Crippen molar-refractivity contribution in [3.8, 4) is 0 Å². The number of rotatable bonds is 4. The van der Waals surface area contributed by atoms with E-state index in [1.807, 2.05) is 18.4 Å². The zero-order valence-electron chi connectivity index (χ0n) is 13.8. The number of hydrogen-bond donors (Lipinski definition) is 1. The van der Waals surface area contributed by atoms with Gasteiger partial charge in [-0.25, -0.2) is 0 Å². The van der Waals surface area contributed by atoms with Crippen LogP contribution >= 0.6 is 11.3 Å². The zero-order valence-corrected chi connectivity index (χ0v) is 14.7. The van der Waals surface area contributed by atoms with E-state index in [0.29, 0.717) is 13.2 Å². The smallest absolute Gasteiger partial charge is 0.252 e. The third kappa shape index (κ3) is 3.13. The van der Waals surface area contributed by atoms with Crippen LogP contribution in [-0.4, -0.2) is 30.3 Å². The van der Waals surface area contributed by atoms with Gasteiger partial charge in [0.2, 0.25) is 0 Å². The molecule has 1 fully saturated rings. The zero-order chi connectivity index (χ0) is 16.5. The molecule has 3 heterocycles. The lowest BCUT2D eigenvalue weighted by Gasteiger charge is -2.19. The maximum Gasteiger partial charge on any atom is 0.252 e. The van der Waals surface area contributed by atoms with Gasteiger partial charge in [0, 0.05) is 28.7 Å². The molecule has 24 heavy (non-hydrogen) atoms. The summed E-state index contributed by atoms with van der Waals surface area (Å²) in [4.78, 5) is 14.1. The van der Waals surface area contributed by atoms with Crippen LogP contribution in [0.15, 0.2) is 16.0 Å². The van der Waals surface area contributed by atoms with Crippen molar-refractivity contribution in [3.63, 3.8) is 0 Å². The second-order valence-electron chi connectivity index (χ2n) is 6.77. The van der Waals surface area contributed by atoms with Crippen molar-refractivity contribution >= 4 is 17.2 Å². The highest BCUT2D eigenvalue weighted by atomic mass is 32.1. The van der Waals surface area contributed by atoms with E-state index < -0.39 is 0 Å². The Balaban J connectivity index is 1.44. The third-order valence-electron chi connectivity index (χ3n) is 4.96. The van der Waals surface area contributed by atoms with Crippen LogP contribution < -0.4 is 5.32 Å². The van der Waals surface area contributed by atoms with Gasteiger partial charge < -0.3 is 14.6 Å². The van der Waals surface area contributed by atoms with Crippen LogP contribution in [0, 0.1) is 12.8 Å². The molecule has 2 aliphatic rings. The van der Waals surface area contributed by atoms with E-state index in [9.17, 15) is 4.79 Å². The van der Waals surface area contributed by atoms with Crippen LogP contribution in [0.1, 0.15) is 45.1 Å². The Morgan fingerprint density at radius 2 is 2.25 bits per heavy atom. The normalized spacial score (nSPS) is 23.2. The van der Waals surface area contributed by atoms with Crippen molar-refractivity contribution in [1.82, 2.24) is 10.5 Å². The number of aromatic nitrogens is 1. The van der Waals surface area contributed by atoms with Gasteiger partial charge in [0.05, 0.1) is 30.5 Å². The quantitative estimate of drug-likeness (QED) is 0.924. The standard InChI is InChI=1S/C18H22N2O3S/c1-11-6-13(23-20-11)7-12-8-22-9-16(12)19-18(21)15-10-24-17-5-3-2-4-14(15)17/h6,10,12,16H,2-5,7-9H2,1H3,(H,19,21)/t12-,16+/m1/s1. The molecule has 2 aromatic heterocycles. The molecule has 1 amide bonds. The minimum Gasteiger partial charge on any atom is -0.379 e. The molecule has 0 aromatic carbocycles. The molecule has 4 rings (SSSR count). The number of thiophene rings is 1. The van der Waals surface area contributed by atoms with Crippen molar-refractivity contribution in [2.24, 2.45) is 5.92 Å². The highest BCUT2D eigenvalue weighted by molar-refractivity contribution is 7.10. The number of hydrogen-bond acceptors (Lipinski definition) is 5. The molecule has 2 aromatic rings. The maximum atomic E-state index is 12.7. The number of fused-ring (bicyclic) bond motifs is 1. The van der Waals surface area contributed by atoms with Gasteiger partial charge in [-0.1, -0.05) is 5.16 Å². The summed E-state index contributed by atoms with van der Waals surface area (Å²) in [5, 5.41) is 9.14. The fourth-order valence-electron chi connectivity index (χ4n) is 3.66. The molecule has 0 unspecified atom stereocenters. The number of nitrogens with zero attached hydrogens (tertiary/aromatic N) is 1. The number of ether oxygens (including phenoxy) is 1. The van der Waals surface area contributed by atoms with E-state index in [4.69, 9.17) is 9.26 Å². The first-order chi connectivity index (χ1) is 11.7. The minimum atomic E-state index is 0.0297. The van der Waals surface area contributed by atoms with Crippen molar-refractivity contribution in [3.05, 3.63) is 38.9 Å². The SMILES string of the molecule is Cc1cc(C[C@@H]2COC[C@@H]2NC(=O)c2csc3c2CCCC3)on1. The Kier molecular flexibility index (Phi) is 4.41. The van der Waals surface area contributed by atoms with Gasteiger partial charge in [-0.15, -0.1) is 11.3 Å².